The second-order valence-corrected chi connectivity index (χ2v) is 4.48. The Morgan fingerprint density at radius 3 is 2.56 bits per heavy atom. The molecular formula is C10H16F3N5. The van der Waals surface area contributed by atoms with Crippen LogP contribution in [0.1, 0.15) is 6.92 Å². The van der Waals surface area contributed by atoms with Crippen LogP contribution in [0.25, 0.3) is 0 Å². The number of azo groups is 1. The number of piperazine rings is 1. The third-order valence-electron chi connectivity index (χ3n) is 3.16. The van der Waals surface area contributed by atoms with Crippen molar-refractivity contribution in [3.05, 3.63) is 0 Å². The SMILES string of the molecule is C[C@@H]1N=NC(N2CCNCC2)=NCC1C(F)(F)F. The van der Waals surface area contributed by atoms with Gasteiger partial charge in [-0.2, -0.15) is 18.3 Å². The quantitative estimate of drug-likeness (QED) is 0.715. The Bertz CT molecular complexity index is 346. The molecule has 2 heterocycles. The van der Waals surface area contributed by atoms with Gasteiger partial charge in [0, 0.05) is 26.2 Å². The van der Waals surface area contributed by atoms with Gasteiger partial charge in [0.1, 0.15) is 0 Å². The Kier molecular flexibility index (Phi) is 3.84. The van der Waals surface area contributed by atoms with Crippen LogP contribution in [0.4, 0.5) is 13.2 Å². The summed E-state index contributed by atoms with van der Waals surface area (Å²) in [5.74, 6) is -1.21. The van der Waals surface area contributed by atoms with Crippen molar-refractivity contribution < 1.29 is 13.2 Å². The number of alkyl halides is 3. The van der Waals surface area contributed by atoms with E-state index in [1.165, 1.54) is 6.92 Å². The van der Waals surface area contributed by atoms with Crippen LogP contribution in [0.5, 0.6) is 0 Å². The second kappa shape index (κ2) is 5.21. The minimum Gasteiger partial charge on any atom is -0.337 e. The van der Waals surface area contributed by atoms with Gasteiger partial charge in [-0.1, -0.05) is 0 Å². The maximum absolute atomic E-state index is 12.7. The number of aliphatic imine (C=N–C) groups is 1. The van der Waals surface area contributed by atoms with Crippen molar-refractivity contribution in [3.63, 3.8) is 0 Å². The van der Waals surface area contributed by atoms with Crippen LogP contribution in [0.15, 0.2) is 15.2 Å². The third-order valence-corrected chi connectivity index (χ3v) is 3.16. The standard InChI is InChI=1S/C10H16F3N5/c1-7-8(10(11,12)13)6-15-9(17-16-7)18-4-2-14-3-5-18/h7-8,14H,2-6H2,1H3/t7-,8?/m0/s1. The first-order valence-electron chi connectivity index (χ1n) is 5.96. The molecule has 0 aromatic carbocycles. The number of nitrogens with zero attached hydrogens (tertiary/aromatic N) is 4. The zero-order valence-electron chi connectivity index (χ0n) is 10.1. The molecule has 1 unspecified atom stereocenters. The first-order valence-corrected chi connectivity index (χ1v) is 5.96. The van der Waals surface area contributed by atoms with Crippen molar-refractivity contribution in [1.82, 2.24) is 10.2 Å². The molecule has 1 saturated heterocycles. The van der Waals surface area contributed by atoms with E-state index in [4.69, 9.17) is 0 Å². The van der Waals surface area contributed by atoms with E-state index in [9.17, 15) is 13.2 Å². The van der Waals surface area contributed by atoms with Crippen molar-refractivity contribution in [2.24, 2.45) is 21.1 Å². The Morgan fingerprint density at radius 1 is 1.28 bits per heavy atom. The molecule has 0 saturated carbocycles. The van der Waals surface area contributed by atoms with Crippen molar-refractivity contribution >= 4 is 5.96 Å². The van der Waals surface area contributed by atoms with Gasteiger partial charge < -0.3 is 10.2 Å². The van der Waals surface area contributed by atoms with Crippen LogP contribution < -0.4 is 5.32 Å². The van der Waals surface area contributed by atoms with Gasteiger partial charge in [-0.15, -0.1) is 5.11 Å². The molecule has 0 bridgehead atoms. The summed E-state index contributed by atoms with van der Waals surface area (Å²) < 4.78 is 38.2. The Balaban J connectivity index is 2.10. The first kappa shape index (κ1) is 13.3. The van der Waals surface area contributed by atoms with E-state index in [1.54, 1.807) is 0 Å². The summed E-state index contributed by atoms with van der Waals surface area (Å²) in [4.78, 5) is 5.85. The summed E-state index contributed by atoms with van der Waals surface area (Å²) in [6.07, 6.45) is -4.28. The van der Waals surface area contributed by atoms with Crippen LogP contribution in [0.3, 0.4) is 0 Å². The molecule has 1 N–H and O–H groups in total. The van der Waals surface area contributed by atoms with E-state index in [0.717, 1.165) is 13.1 Å². The zero-order chi connectivity index (χ0) is 13.2. The molecule has 0 spiro atoms. The molecule has 5 nitrogen and oxygen atoms in total. The number of hydrogen-bond donors (Lipinski definition) is 1. The molecular weight excluding hydrogens is 247 g/mol. The highest BCUT2D eigenvalue weighted by Gasteiger charge is 2.44. The number of hydrogen-bond acceptors (Lipinski definition) is 5. The molecule has 2 atom stereocenters. The molecule has 1 fully saturated rings. The van der Waals surface area contributed by atoms with Crippen LogP contribution in [-0.4, -0.2) is 55.8 Å². The minimum absolute atomic E-state index is 0.295. The normalized spacial score (nSPS) is 30.0. The highest BCUT2D eigenvalue weighted by atomic mass is 19.4. The monoisotopic (exact) mass is 263 g/mol. The fraction of sp³-hybridized carbons (Fsp3) is 0.900. The van der Waals surface area contributed by atoms with Crippen LogP contribution in [0, 0.1) is 5.92 Å². The summed E-state index contributed by atoms with van der Waals surface area (Å²) in [6.45, 7) is 4.10. The van der Waals surface area contributed by atoms with Crippen LogP contribution >= 0.6 is 0 Å². The maximum Gasteiger partial charge on any atom is 0.395 e. The molecule has 0 aliphatic carbocycles. The molecule has 2 aliphatic heterocycles. The minimum atomic E-state index is -4.28. The third kappa shape index (κ3) is 2.98. The fourth-order valence-corrected chi connectivity index (χ4v) is 1.99. The molecule has 2 aliphatic rings. The van der Waals surface area contributed by atoms with Gasteiger partial charge in [0.15, 0.2) is 0 Å². The van der Waals surface area contributed by atoms with Gasteiger partial charge in [-0.05, 0) is 6.92 Å². The second-order valence-electron chi connectivity index (χ2n) is 4.48. The number of guanidine groups is 1. The molecule has 102 valence electrons. The van der Waals surface area contributed by atoms with Gasteiger partial charge in [0.05, 0.1) is 18.5 Å². The predicted molar refractivity (Wildman–Crippen MR) is 60.6 cm³/mol. The molecule has 0 amide bonds. The van der Waals surface area contributed by atoms with Crippen molar-refractivity contribution in [1.29, 1.82) is 0 Å². The molecule has 8 heteroatoms. The summed E-state index contributed by atoms with van der Waals surface area (Å²) in [5, 5.41) is 10.8. The van der Waals surface area contributed by atoms with E-state index in [1.807, 2.05) is 4.90 Å². The Morgan fingerprint density at radius 2 is 1.94 bits per heavy atom. The lowest BCUT2D eigenvalue weighted by molar-refractivity contribution is -0.175. The molecule has 0 aromatic rings. The average Bonchev–Trinajstić information content (AvgIpc) is 2.52. The number of rotatable bonds is 0. The largest absolute Gasteiger partial charge is 0.395 e. The van der Waals surface area contributed by atoms with Gasteiger partial charge in [-0.3, -0.25) is 0 Å². The highest BCUT2D eigenvalue weighted by Crippen LogP contribution is 2.31. The average molecular weight is 263 g/mol. The lowest BCUT2D eigenvalue weighted by Gasteiger charge is -2.27. The van der Waals surface area contributed by atoms with Crippen LogP contribution in [-0.2, 0) is 0 Å². The molecule has 18 heavy (non-hydrogen) atoms. The van der Waals surface area contributed by atoms with Crippen molar-refractivity contribution in [2.45, 2.75) is 19.1 Å². The maximum atomic E-state index is 12.7. The summed E-state index contributed by atoms with van der Waals surface area (Å²) in [6, 6.07) is -0.880. The summed E-state index contributed by atoms with van der Waals surface area (Å²) in [5.41, 5.74) is 0. The lowest BCUT2D eigenvalue weighted by atomic mass is 10.0. The van der Waals surface area contributed by atoms with E-state index in [0.29, 0.717) is 19.0 Å². The van der Waals surface area contributed by atoms with E-state index >= 15 is 0 Å². The zero-order valence-corrected chi connectivity index (χ0v) is 10.1. The molecule has 0 radical (unpaired) electrons. The summed E-state index contributed by atoms with van der Waals surface area (Å²) in [7, 11) is 0. The molecule has 2 rings (SSSR count). The Labute approximate surface area is 103 Å². The Hall–Kier alpha value is -1.18. The van der Waals surface area contributed by atoms with Crippen LogP contribution in [0.2, 0.25) is 0 Å². The van der Waals surface area contributed by atoms with Gasteiger partial charge in [0.2, 0.25) is 5.96 Å². The smallest absolute Gasteiger partial charge is 0.337 e. The fourth-order valence-electron chi connectivity index (χ4n) is 1.99. The van der Waals surface area contributed by atoms with E-state index in [2.05, 4.69) is 20.5 Å². The van der Waals surface area contributed by atoms with E-state index < -0.39 is 18.1 Å². The topological polar surface area (TPSA) is 52.4 Å². The van der Waals surface area contributed by atoms with Gasteiger partial charge in [-0.25, -0.2) is 4.99 Å². The predicted octanol–water partition coefficient (Wildman–Crippen LogP) is 1.28. The van der Waals surface area contributed by atoms with Crippen molar-refractivity contribution in [3.8, 4) is 0 Å². The number of halogens is 3. The first-order chi connectivity index (χ1) is 8.48. The van der Waals surface area contributed by atoms with Gasteiger partial charge >= 0.3 is 6.18 Å². The van der Waals surface area contributed by atoms with Gasteiger partial charge in [0.25, 0.3) is 0 Å². The van der Waals surface area contributed by atoms with E-state index in [-0.39, 0.29) is 6.54 Å². The summed E-state index contributed by atoms with van der Waals surface area (Å²) >= 11 is 0. The lowest BCUT2D eigenvalue weighted by Crippen LogP contribution is -2.46. The highest BCUT2D eigenvalue weighted by molar-refractivity contribution is 5.80. The molecule has 0 aromatic heterocycles. The van der Waals surface area contributed by atoms with Crippen molar-refractivity contribution in [2.75, 3.05) is 32.7 Å². The number of nitrogens with one attached hydrogen (secondary N) is 1.